The molecule has 5 nitrogen and oxygen atoms in total. The van der Waals surface area contributed by atoms with Gasteiger partial charge in [-0.05, 0) is 34.0 Å². The average Bonchev–Trinajstić information content (AvgIpc) is 2.43. The summed E-state index contributed by atoms with van der Waals surface area (Å²) in [5, 5.41) is 6.33. The largest absolute Gasteiger partial charge is 0.378 e. The Labute approximate surface area is 123 Å². The van der Waals surface area contributed by atoms with Crippen molar-refractivity contribution in [3.63, 3.8) is 0 Å². The topological polar surface area (TPSA) is 53.6 Å². The van der Waals surface area contributed by atoms with Crippen LogP contribution in [-0.4, -0.2) is 63.8 Å². The predicted molar refractivity (Wildman–Crippen MR) is 81.9 cm³/mol. The van der Waals surface area contributed by atoms with Gasteiger partial charge in [0, 0.05) is 25.0 Å². The van der Waals surface area contributed by atoms with Crippen LogP contribution in [0.2, 0.25) is 0 Å². The second-order valence-electron chi connectivity index (χ2n) is 6.03. The molecule has 1 aliphatic carbocycles. The van der Waals surface area contributed by atoms with E-state index in [0.717, 1.165) is 19.4 Å². The highest BCUT2D eigenvalue weighted by Crippen LogP contribution is 2.30. The second-order valence-corrected chi connectivity index (χ2v) is 6.03. The van der Waals surface area contributed by atoms with Crippen molar-refractivity contribution in [2.24, 2.45) is 0 Å². The Kier molecular flexibility index (Phi) is 8.11. The molecule has 0 radical (unpaired) electrons. The molecular weight excluding hydrogens is 254 g/mol. The Bertz CT molecular complexity index is 276. The van der Waals surface area contributed by atoms with Gasteiger partial charge in [0.25, 0.3) is 0 Å². The molecule has 5 heteroatoms. The number of carbonyl (C=O) groups is 1. The molecule has 0 aromatic rings. The van der Waals surface area contributed by atoms with Crippen molar-refractivity contribution in [1.82, 2.24) is 15.5 Å². The van der Waals surface area contributed by atoms with E-state index in [9.17, 15) is 4.79 Å². The number of carbonyl (C=O) groups excluding carboxylic acids is 1. The zero-order valence-electron chi connectivity index (χ0n) is 13.3. The third-order valence-electron chi connectivity index (χ3n) is 4.09. The van der Waals surface area contributed by atoms with E-state index in [2.05, 4.69) is 15.5 Å². The number of ether oxygens (including phenoxy) is 1. The fraction of sp³-hybridized carbons (Fsp3) is 0.933. The second kappa shape index (κ2) is 9.32. The van der Waals surface area contributed by atoms with Gasteiger partial charge in [0.15, 0.2) is 0 Å². The molecule has 2 N–H and O–H groups in total. The molecule has 0 bridgehead atoms. The molecular formula is C15H31N3O2. The minimum atomic E-state index is 0.0219. The van der Waals surface area contributed by atoms with Crippen molar-refractivity contribution >= 4 is 5.91 Å². The fourth-order valence-electron chi connectivity index (χ4n) is 2.73. The Balaban J connectivity index is 2.13. The molecule has 1 saturated carbocycles. The molecule has 0 saturated heterocycles. The van der Waals surface area contributed by atoms with Gasteiger partial charge in [0.2, 0.25) is 5.91 Å². The highest BCUT2D eigenvalue weighted by Gasteiger charge is 2.32. The minimum Gasteiger partial charge on any atom is -0.378 e. The van der Waals surface area contributed by atoms with Crippen LogP contribution in [0.15, 0.2) is 0 Å². The number of hydrogen-bond acceptors (Lipinski definition) is 4. The lowest BCUT2D eigenvalue weighted by Gasteiger charge is -2.36. The maximum Gasteiger partial charge on any atom is 0.221 e. The molecule has 0 aliphatic heterocycles. The molecule has 0 atom stereocenters. The van der Waals surface area contributed by atoms with E-state index in [-0.39, 0.29) is 11.4 Å². The van der Waals surface area contributed by atoms with Crippen LogP contribution < -0.4 is 10.6 Å². The third kappa shape index (κ3) is 6.68. The molecule has 1 amide bonds. The van der Waals surface area contributed by atoms with Crippen LogP contribution in [0.25, 0.3) is 0 Å². The van der Waals surface area contributed by atoms with E-state index < -0.39 is 0 Å². The number of rotatable bonds is 9. The summed E-state index contributed by atoms with van der Waals surface area (Å²) in [7, 11) is 6.02. The zero-order valence-corrected chi connectivity index (χ0v) is 13.3. The van der Waals surface area contributed by atoms with E-state index in [4.69, 9.17) is 4.74 Å². The van der Waals surface area contributed by atoms with Crippen molar-refractivity contribution in [1.29, 1.82) is 0 Å². The molecule has 0 spiro atoms. The summed E-state index contributed by atoms with van der Waals surface area (Å²) in [6, 6.07) is 0. The van der Waals surface area contributed by atoms with Gasteiger partial charge < -0.3 is 20.3 Å². The minimum absolute atomic E-state index is 0.0219. The highest BCUT2D eigenvalue weighted by molar-refractivity contribution is 5.77. The van der Waals surface area contributed by atoms with Gasteiger partial charge >= 0.3 is 0 Å². The SMILES string of the molecule is CNC1(CC(=O)NCCOCCN(C)C)CCCCC1. The lowest BCUT2D eigenvalue weighted by atomic mass is 9.79. The first-order chi connectivity index (χ1) is 9.58. The quantitative estimate of drug-likeness (QED) is 0.621. The summed E-state index contributed by atoms with van der Waals surface area (Å²) in [5.74, 6) is 0.137. The maximum atomic E-state index is 12.0. The Morgan fingerprint density at radius 2 is 1.90 bits per heavy atom. The van der Waals surface area contributed by atoms with Gasteiger partial charge in [-0.1, -0.05) is 19.3 Å². The molecule has 0 unspecified atom stereocenters. The van der Waals surface area contributed by atoms with Gasteiger partial charge in [-0.15, -0.1) is 0 Å². The van der Waals surface area contributed by atoms with E-state index >= 15 is 0 Å². The average molecular weight is 285 g/mol. The summed E-state index contributed by atoms with van der Waals surface area (Å²) >= 11 is 0. The lowest BCUT2D eigenvalue weighted by molar-refractivity contribution is -0.123. The highest BCUT2D eigenvalue weighted by atomic mass is 16.5. The Hall–Kier alpha value is -0.650. The van der Waals surface area contributed by atoms with E-state index in [1.54, 1.807) is 0 Å². The first-order valence-corrected chi connectivity index (χ1v) is 7.76. The Morgan fingerprint density at radius 1 is 1.20 bits per heavy atom. The summed E-state index contributed by atoms with van der Waals surface area (Å²) in [6.45, 7) is 2.82. The van der Waals surface area contributed by atoms with Crippen LogP contribution >= 0.6 is 0 Å². The van der Waals surface area contributed by atoms with Crippen molar-refractivity contribution in [3.8, 4) is 0 Å². The Morgan fingerprint density at radius 3 is 2.50 bits per heavy atom. The lowest BCUT2D eigenvalue weighted by Crippen LogP contribution is -2.48. The van der Waals surface area contributed by atoms with Crippen molar-refractivity contribution < 1.29 is 9.53 Å². The fourth-order valence-corrected chi connectivity index (χ4v) is 2.73. The molecule has 0 heterocycles. The van der Waals surface area contributed by atoms with Crippen molar-refractivity contribution in [3.05, 3.63) is 0 Å². The van der Waals surface area contributed by atoms with Crippen LogP contribution in [0.5, 0.6) is 0 Å². The van der Waals surface area contributed by atoms with Crippen molar-refractivity contribution in [2.45, 2.75) is 44.1 Å². The molecule has 0 aromatic carbocycles. The molecule has 0 aromatic heterocycles. The molecule has 118 valence electrons. The first kappa shape index (κ1) is 17.4. The first-order valence-electron chi connectivity index (χ1n) is 7.76. The van der Waals surface area contributed by atoms with Crippen LogP contribution in [0.4, 0.5) is 0 Å². The molecule has 1 rings (SSSR count). The number of hydrogen-bond donors (Lipinski definition) is 2. The van der Waals surface area contributed by atoms with Gasteiger partial charge in [0.1, 0.15) is 0 Å². The maximum absolute atomic E-state index is 12.0. The van der Waals surface area contributed by atoms with Crippen molar-refractivity contribution in [2.75, 3.05) is 47.4 Å². The number of nitrogens with one attached hydrogen (secondary N) is 2. The number of amides is 1. The normalized spacial score (nSPS) is 18.2. The van der Waals surface area contributed by atoms with Gasteiger partial charge in [-0.25, -0.2) is 0 Å². The smallest absolute Gasteiger partial charge is 0.221 e. The molecule has 1 aliphatic rings. The standard InChI is InChI=1S/C15H31N3O2/c1-16-15(7-5-4-6-8-15)13-14(19)17-9-11-20-12-10-18(2)3/h16H,4-13H2,1-3H3,(H,17,19). The predicted octanol–water partition coefficient (Wildman–Crippen LogP) is 0.993. The van der Waals surface area contributed by atoms with Crippen LogP contribution in [0.3, 0.4) is 0 Å². The zero-order chi connectivity index (χ0) is 14.8. The summed E-state index contributed by atoms with van der Waals surface area (Å²) in [5.41, 5.74) is 0.0219. The van der Waals surface area contributed by atoms with Crippen LogP contribution in [0.1, 0.15) is 38.5 Å². The van der Waals surface area contributed by atoms with E-state index in [1.807, 2.05) is 21.1 Å². The number of likely N-dealkylation sites (N-methyl/N-ethyl adjacent to an activating group) is 1. The van der Waals surface area contributed by atoms with Gasteiger partial charge in [0.05, 0.1) is 13.2 Å². The van der Waals surface area contributed by atoms with Gasteiger partial charge in [-0.3, -0.25) is 4.79 Å². The third-order valence-corrected chi connectivity index (χ3v) is 4.09. The monoisotopic (exact) mass is 285 g/mol. The number of nitrogens with zero attached hydrogens (tertiary/aromatic N) is 1. The summed E-state index contributed by atoms with van der Waals surface area (Å²) in [6.07, 6.45) is 6.54. The molecule has 1 fully saturated rings. The van der Waals surface area contributed by atoms with E-state index in [0.29, 0.717) is 26.2 Å². The van der Waals surface area contributed by atoms with Gasteiger partial charge in [-0.2, -0.15) is 0 Å². The van der Waals surface area contributed by atoms with E-state index in [1.165, 1.54) is 19.3 Å². The van der Waals surface area contributed by atoms with Crippen LogP contribution in [0, 0.1) is 0 Å². The molecule has 20 heavy (non-hydrogen) atoms. The summed E-state index contributed by atoms with van der Waals surface area (Å²) in [4.78, 5) is 14.1. The van der Waals surface area contributed by atoms with Crippen LogP contribution in [-0.2, 0) is 9.53 Å². The summed E-state index contributed by atoms with van der Waals surface area (Å²) < 4.78 is 5.46.